The van der Waals surface area contributed by atoms with Gasteiger partial charge in [0.05, 0.1) is 19.8 Å². The average molecular weight is 241 g/mol. The highest BCUT2D eigenvalue weighted by molar-refractivity contribution is 5.90. The molecule has 5 heteroatoms. The molecule has 0 saturated heterocycles. The van der Waals surface area contributed by atoms with Crippen LogP contribution in [0.2, 0.25) is 0 Å². The molecule has 0 amide bonds. The van der Waals surface area contributed by atoms with Gasteiger partial charge in [0.15, 0.2) is 0 Å². The summed E-state index contributed by atoms with van der Waals surface area (Å²) in [6, 6.07) is 1.68. The smallest absolute Gasteiger partial charge is 0.341 e. The van der Waals surface area contributed by atoms with Gasteiger partial charge in [-0.1, -0.05) is 0 Å². The second kappa shape index (κ2) is 5.84. The Morgan fingerprint density at radius 1 is 1.65 bits per heavy atom. The summed E-state index contributed by atoms with van der Waals surface area (Å²) in [5, 5.41) is 9.24. The zero-order chi connectivity index (χ0) is 13.0. The highest BCUT2D eigenvalue weighted by Gasteiger charge is 2.16. The first-order valence-corrected chi connectivity index (χ1v) is 5.48. The van der Waals surface area contributed by atoms with E-state index < -0.39 is 12.1 Å². The second-order valence-corrected chi connectivity index (χ2v) is 4.22. The Labute approximate surface area is 101 Å². The van der Waals surface area contributed by atoms with Crippen molar-refractivity contribution in [1.29, 1.82) is 0 Å². The van der Waals surface area contributed by atoms with Gasteiger partial charge in [-0.3, -0.25) is 4.90 Å². The van der Waals surface area contributed by atoms with Gasteiger partial charge in [0.1, 0.15) is 17.1 Å². The summed E-state index contributed by atoms with van der Waals surface area (Å²) >= 11 is 0. The molecule has 0 aliphatic rings. The third-order valence-electron chi connectivity index (χ3n) is 2.38. The normalized spacial score (nSPS) is 12.8. The van der Waals surface area contributed by atoms with E-state index in [4.69, 9.17) is 4.42 Å². The van der Waals surface area contributed by atoms with Gasteiger partial charge in [-0.2, -0.15) is 0 Å². The van der Waals surface area contributed by atoms with Crippen LogP contribution in [0.25, 0.3) is 0 Å². The molecule has 1 aromatic heterocycles. The van der Waals surface area contributed by atoms with Crippen LogP contribution in [0.4, 0.5) is 0 Å². The molecule has 0 saturated carbocycles. The largest absolute Gasteiger partial charge is 0.465 e. The number of nitrogens with zero attached hydrogens (tertiary/aromatic N) is 1. The number of carbonyl (C=O) groups is 1. The maximum atomic E-state index is 11.4. The van der Waals surface area contributed by atoms with Crippen LogP contribution in [-0.2, 0) is 11.3 Å². The molecule has 1 atom stereocenters. The van der Waals surface area contributed by atoms with Crippen LogP contribution >= 0.6 is 0 Å². The van der Waals surface area contributed by atoms with E-state index in [0.29, 0.717) is 30.2 Å². The number of aryl methyl sites for hydroxylation is 1. The summed E-state index contributed by atoms with van der Waals surface area (Å²) in [6.07, 6.45) is -0.392. The number of likely N-dealkylation sites (N-methyl/N-ethyl adjacent to an activating group) is 1. The summed E-state index contributed by atoms with van der Waals surface area (Å²) in [5.41, 5.74) is 0.452. The SMILES string of the molecule is COC(=O)c1cc(CN(C)CC(C)O)oc1C. The van der Waals surface area contributed by atoms with E-state index in [1.54, 1.807) is 19.9 Å². The minimum Gasteiger partial charge on any atom is -0.465 e. The van der Waals surface area contributed by atoms with Crippen LogP contribution in [-0.4, -0.2) is 42.8 Å². The van der Waals surface area contributed by atoms with Gasteiger partial charge in [-0.05, 0) is 27.0 Å². The van der Waals surface area contributed by atoms with Crippen LogP contribution in [0, 0.1) is 6.92 Å². The van der Waals surface area contributed by atoms with Crippen molar-refractivity contribution < 1.29 is 19.1 Å². The highest BCUT2D eigenvalue weighted by Crippen LogP contribution is 2.16. The molecule has 1 rings (SSSR count). The number of esters is 1. The maximum absolute atomic E-state index is 11.4. The molecule has 1 heterocycles. The second-order valence-electron chi connectivity index (χ2n) is 4.22. The molecule has 0 fully saturated rings. The van der Waals surface area contributed by atoms with Gasteiger partial charge in [0.25, 0.3) is 0 Å². The van der Waals surface area contributed by atoms with E-state index in [9.17, 15) is 9.90 Å². The topological polar surface area (TPSA) is 62.9 Å². The van der Waals surface area contributed by atoms with Gasteiger partial charge in [-0.25, -0.2) is 4.79 Å². The Bertz CT molecular complexity index is 384. The Balaban J connectivity index is 2.70. The third kappa shape index (κ3) is 3.87. The van der Waals surface area contributed by atoms with Crippen LogP contribution in [0.15, 0.2) is 10.5 Å². The lowest BCUT2D eigenvalue weighted by molar-refractivity contribution is 0.0599. The number of methoxy groups -OCH3 is 1. The Morgan fingerprint density at radius 2 is 2.29 bits per heavy atom. The fourth-order valence-corrected chi connectivity index (χ4v) is 1.72. The van der Waals surface area contributed by atoms with Crippen molar-refractivity contribution in [1.82, 2.24) is 4.90 Å². The number of ether oxygens (including phenoxy) is 1. The minimum atomic E-state index is -0.393. The molecule has 96 valence electrons. The van der Waals surface area contributed by atoms with Crippen LogP contribution in [0.5, 0.6) is 0 Å². The van der Waals surface area contributed by atoms with Gasteiger partial charge in [0, 0.05) is 6.54 Å². The summed E-state index contributed by atoms with van der Waals surface area (Å²) in [5.74, 6) is 0.846. The zero-order valence-electron chi connectivity index (χ0n) is 10.7. The number of hydrogen-bond acceptors (Lipinski definition) is 5. The molecule has 1 N–H and O–H groups in total. The molecule has 1 unspecified atom stereocenters. The summed E-state index contributed by atoms with van der Waals surface area (Å²) < 4.78 is 10.1. The summed E-state index contributed by atoms with van der Waals surface area (Å²) in [4.78, 5) is 13.3. The van der Waals surface area contributed by atoms with Gasteiger partial charge < -0.3 is 14.3 Å². The van der Waals surface area contributed by atoms with Crippen molar-refractivity contribution in [3.05, 3.63) is 23.2 Å². The molecule has 0 spiro atoms. The molecular weight excluding hydrogens is 222 g/mol. The van der Waals surface area contributed by atoms with E-state index in [1.807, 2.05) is 11.9 Å². The first-order valence-electron chi connectivity index (χ1n) is 5.48. The fourth-order valence-electron chi connectivity index (χ4n) is 1.72. The predicted octanol–water partition coefficient (Wildman–Crippen LogP) is 1.19. The highest BCUT2D eigenvalue weighted by atomic mass is 16.5. The van der Waals surface area contributed by atoms with Crippen LogP contribution in [0.3, 0.4) is 0 Å². The number of furan rings is 1. The lowest BCUT2D eigenvalue weighted by Gasteiger charge is -2.16. The molecular formula is C12H19NO4. The number of aliphatic hydroxyl groups is 1. The van der Waals surface area contributed by atoms with Crippen molar-refractivity contribution >= 4 is 5.97 Å². The molecule has 0 aliphatic carbocycles. The maximum Gasteiger partial charge on any atom is 0.341 e. The standard InChI is InChI=1S/C12H19NO4/c1-8(14)6-13(3)7-10-5-11(9(2)17-10)12(15)16-4/h5,8,14H,6-7H2,1-4H3. The van der Waals surface area contributed by atoms with Crippen LogP contribution < -0.4 is 0 Å². The third-order valence-corrected chi connectivity index (χ3v) is 2.38. The van der Waals surface area contributed by atoms with E-state index in [-0.39, 0.29) is 0 Å². The van der Waals surface area contributed by atoms with Crippen LogP contribution in [0.1, 0.15) is 28.8 Å². The summed E-state index contributed by atoms with van der Waals surface area (Å²) in [6.45, 7) is 4.55. The Hall–Kier alpha value is -1.33. The van der Waals surface area contributed by atoms with Crippen molar-refractivity contribution in [2.24, 2.45) is 0 Å². The quantitative estimate of drug-likeness (QED) is 0.784. The molecule has 0 aliphatic heterocycles. The number of rotatable bonds is 5. The fraction of sp³-hybridized carbons (Fsp3) is 0.583. The molecule has 0 radical (unpaired) electrons. The Morgan fingerprint density at radius 3 is 2.82 bits per heavy atom. The first-order chi connectivity index (χ1) is 7.93. The van der Waals surface area contributed by atoms with Gasteiger partial charge in [-0.15, -0.1) is 0 Å². The molecule has 0 bridgehead atoms. The van der Waals surface area contributed by atoms with Crippen molar-refractivity contribution in [3.8, 4) is 0 Å². The lowest BCUT2D eigenvalue weighted by Crippen LogP contribution is -2.26. The van der Waals surface area contributed by atoms with Crippen molar-refractivity contribution in [2.45, 2.75) is 26.5 Å². The van der Waals surface area contributed by atoms with E-state index in [2.05, 4.69) is 4.74 Å². The minimum absolute atomic E-state index is 0.392. The monoisotopic (exact) mass is 241 g/mol. The molecule has 5 nitrogen and oxygen atoms in total. The number of aliphatic hydroxyl groups excluding tert-OH is 1. The lowest BCUT2D eigenvalue weighted by atomic mass is 10.2. The van der Waals surface area contributed by atoms with E-state index in [1.165, 1.54) is 7.11 Å². The predicted molar refractivity (Wildman–Crippen MR) is 62.8 cm³/mol. The van der Waals surface area contributed by atoms with Gasteiger partial charge in [0.2, 0.25) is 0 Å². The zero-order valence-corrected chi connectivity index (χ0v) is 10.7. The Kier molecular flexibility index (Phi) is 4.72. The average Bonchev–Trinajstić information content (AvgIpc) is 2.56. The van der Waals surface area contributed by atoms with E-state index in [0.717, 1.165) is 0 Å². The molecule has 1 aromatic rings. The summed E-state index contributed by atoms with van der Waals surface area (Å²) in [7, 11) is 3.22. The van der Waals surface area contributed by atoms with E-state index >= 15 is 0 Å². The van der Waals surface area contributed by atoms with Gasteiger partial charge >= 0.3 is 5.97 Å². The first kappa shape index (κ1) is 13.7. The van der Waals surface area contributed by atoms with Crippen molar-refractivity contribution in [2.75, 3.05) is 20.7 Å². The number of hydrogen-bond donors (Lipinski definition) is 1. The van der Waals surface area contributed by atoms with Crippen molar-refractivity contribution in [3.63, 3.8) is 0 Å². The molecule has 0 aromatic carbocycles. The number of carbonyl (C=O) groups excluding carboxylic acids is 1. The molecule has 17 heavy (non-hydrogen) atoms.